The van der Waals surface area contributed by atoms with E-state index in [0.717, 1.165) is 24.5 Å². The molecule has 1 atom stereocenters. The summed E-state index contributed by atoms with van der Waals surface area (Å²) in [6, 6.07) is 4.06. The fourth-order valence-electron chi connectivity index (χ4n) is 1.37. The summed E-state index contributed by atoms with van der Waals surface area (Å²) >= 11 is 0. The number of aliphatic hydroxyl groups is 1. The van der Waals surface area contributed by atoms with Gasteiger partial charge in [0, 0.05) is 37.6 Å². The van der Waals surface area contributed by atoms with Crippen molar-refractivity contribution in [2.24, 2.45) is 0 Å². The summed E-state index contributed by atoms with van der Waals surface area (Å²) in [7, 11) is 1.97. The fraction of sp³-hybridized carbons (Fsp3) is 0.583. The van der Waals surface area contributed by atoms with Crippen LogP contribution in [0, 0.1) is 0 Å². The third kappa shape index (κ3) is 3.38. The first-order valence-corrected chi connectivity index (χ1v) is 5.72. The van der Waals surface area contributed by atoms with Gasteiger partial charge >= 0.3 is 0 Å². The molecule has 0 aliphatic heterocycles. The van der Waals surface area contributed by atoms with Crippen molar-refractivity contribution in [2.75, 3.05) is 30.4 Å². The van der Waals surface area contributed by atoms with Crippen molar-refractivity contribution in [1.29, 1.82) is 0 Å². The number of hydrogen-bond donors (Lipinski definition) is 2. The van der Waals surface area contributed by atoms with Crippen LogP contribution in [0.1, 0.15) is 20.3 Å². The van der Waals surface area contributed by atoms with Gasteiger partial charge in [-0.2, -0.15) is 0 Å². The highest BCUT2D eigenvalue weighted by Gasteiger charge is 2.09. The lowest BCUT2D eigenvalue weighted by Gasteiger charge is -2.25. The first kappa shape index (κ1) is 12.8. The molecular weight excluding hydrogens is 202 g/mol. The molecule has 0 aromatic carbocycles. The molecule has 1 unspecified atom stereocenters. The number of nitrogens with zero attached hydrogens (tertiary/aromatic N) is 2. The topological polar surface area (TPSA) is 48.4 Å². The number of rotatable bonds is 6. The smallest absolute Gasteiger partial charge is 0.127 e. The predicted octanol–water partition coefficient (Wildman–Crippen LogP) is 1.72. The fourth-order valence-corrected chi connectivity index (χ4v) is 1.37. The van der Waals surface area contributed by atoms with Gasteiger partial charge in [0.15, 0.2) is 0 Å². The maximum atomic E-state index is 9.10. The lowest BCUT2D eigenvalue weighted by atomic mass is 10.2. The molecule has 0 aliphatic rings. The Hall–Kier alpha value is -1.29. The summed E-state index contributed by atoms with van der Waals surface area (Å²) in [6.07, 6.45) is 2.86. The first-order valence-electron chi connectivity index (χ1n) is 5.72. The van der Waals surface area contributed by atoms with E-state index in [4.69, 9.17) is 5.11 Å². The second-order valence-corrected chi connectivity index (χ2v) is 3.97. The number of likely N-dealkylation sites (N-methyl/N-ethyl adjacent to an activating group) is 1. The number of nitrogens with one attached hydrogen (secondary N) is 1. The molecule has 0 amide bonds. The molecule has 0 saturated heterocycles. The SMILES string of the molecule is CCCNc1cc(N(C)C(C)CO)ccn1. The Balaban J connectivity index is 2.73. The summed E-state index contributed by atoms with van der Waals surface area (Å²) in [5, 5.41) is 12.4. The minimum Gasteiger partial charge on any atom is -0.394 e. The molecule has 4 heteroatoms. The average molecular weight is 223 g/mol. The summed E-state index contributed by atoms with van der Waals surface area (Å²) in [6.45, 7) is 5.18. The van der Waals surface area contributed by atoms with Crippen LogP contribution in [0.2, 0.25) is 0 Å². The van der Waals surface area contributed by atoms with E-state index < -0.39 is 0 Å². The van der Waals surface area contributed by atoms with Gasteiger partial charge in [-0.05, 0) is 19.4 Å². The molecule has 0 aliphatic carbocycles. The van der Waals surface area contributed by atoms with Crippen molar-refractivity contribution in [3.05, 3.63) is 18.3 Å². The molecule has 2 N–H and O–H groups in total. The molecule has 16 heavy (non-hydrogen) atoms. The van der Waals surface area contributed by atoms with Crippen LogP contribution in [0.15, 0.2) is 18.3 Å². The summed E-state index contributed by atoms with van der Waals surface area (Å²) in [5.74, 6) is 0.885. The Morgan fingerprint density at radius 1 is 1.56 bits per heavy atom. The normalized spacial score (nSPS) is 12.2. The highest BCUT2D eigenvalue weighted by molar-refractivity contribution is 5.53. The van der Waals surface area contributed by atoms with Crippen LogP contribution in [-0.4, -0.2) is 36.3 Å². The number of hydrogen-bond acceptors (Lipinski definition) is 4. The summed E-state index contributed by atoms with van der Waals surface area (Å²) in [5.41, 5.74) is 1.06. The molecule has 1 aromatic heterocycles. The third-order valence-electron chi connectivity index (χ3n) is 2.63. The van der Waals surface area contributed by atoms with E-state index in [1.54, 1.807) is 6.20 Å². The largest absolute Gasteiger partial charge is 0.394 e. The molecule has 1 rings (SSSR count). The van der Waals surface area contributed by atoms with Crippen molar-refractivity contribution in [2.45, 2.75) is 26.3 Å². The second-order valence-electron chi connectivity index (χ2n) is 3.97. The third-order valence-corrected chi connectivity index (χ3v) is 2.63. The van der Waals surface area contributed by atoms with E-state index in [1.807, 2.05) is 31.0 Å². The zero-order valence-corrected chi connectivity index (χ0v) is 10.3. The van der Waals surface area contributed by atoms with Crippen LogP contribution < -0.4 is 10.2 Å². The van der Waals surface area contributed by atoms with Crippen LogP contribution >= 0.6 is 0 Å². The van der Waals surface area contributed by atoms with Crippen molar-refractivity contribution < 1.29 is 5.11 Å². The first-order chi connectivity index (χ1) is 7.69. The number of anilines is 2. The van der Waals surface area contributed by atoms with Gasteiger partial charge in [-0.25, -0.2) is 4.98 Å². The van der Waals surface area contributed by atoms with Crippen LogP contribution in [0.25, 0.3) is 0 Å². The molecule has 1 heterocycles. The minimum atomic E-state index is 0.112. The van der Waals surface area contributed by atoms with Gasteiger partial charge in [0.2, 0.25) is 0 Å². The lowest BCUT2D eigenvalue weighted by molar-refractivity contribution is 0.270. The highest BCUT2D eigenvalue weighted by atomic mass is 16.3. The molecule has 0 bridgehead atoms. The van der Waals surface area contributed by atoms with E-state index >= 15 is 0 Å². The van der Waals surface area contributed by atoms with Gasteiger partial charge in [-0.3, -0.25) is 0 Å². The van der Waals surface area contributed by atoms with Gasteiger partial charge in [-0.15, -0.1) is 0 Å². The van der Waals surface area contributed by atoms with Crippen molar-refractivity contribution >= 4 is 11.5 Å². The van der Waals surface area contributed by atoms with E-state index in [1.165, 1.54) is 0 Å². The Morgan fingerprint density at radius 3 is 2.94 bits per heavy atom. The number of pyridine rings is 1. The second kappa shape index (κ2) is 6.33. The summed E-state index contributed by atoms with van der Waals surface area (Å²) < 4.78 is 0. The quantitative estimate of drug-likeness (QED) is 0.771. The van der Waals surface area contributed by atoms with Crippen molar-refractivity contribution in [3.8, 4) is 0 Å². The molecule has 0 radical (unpaired) electrons. The van der Waals surface area contributed by atoms with Crippen LogP contribution in [0.5, 0.6) is 0 Å². The van der Waals surface area contributed by atoms with Crippen LogP contribution in [0.3, 0.4) is 0 Å². The number of aromatic nitrogens is 1. The predicted molar refractivity (Wildman–Crippen MR) is 68.0 cm³/mol. The Bertz CT molecular complexity index is 317. The monoisotopic (exact) mass is 223 g/mol. The van der Waals surface area contributed by atoms with Crippen molar-refractivity contribution in [1.82, 2.24) is 4.98 Å². The molecule has 0 fully saturated rings. The van der Waals surface area contributed by atoms with Gasteiger partial charge in [0.05, 0.1) is 6.61 Å². The van der Waals surface area contributed by atoms with Crippen LogP contribution in [0.4, 0.5) is 11.5 Å². The Morgan fingerprint density at radius 2 is 2.31 bits per heavy atom. The maximum Gasteiger partial charge on any atom is 0.127 e. The lowest BCUT2D eigenvalue weighted by Crippen LogP contribution is -2.31. The molecule has 90 valence electrons. The Labute approximate surface area is 97.3 Å². The molecular formula is C12H21N3O. The van der Waals surface area contributed by atoms with Gasteiger partial charge in [0.25, 0.3) is 0 Å². The van der Waals surface area contributed by atoms with E-state index in [-0.39, 0.29) is 12.6 Å². The van der Waals surface area contributed by atoms with E-state index in [9.17, 15) is 0 Å². The minimum absolute atomic E-state index is 0.112. The maximum absolute atomic E-state index is 9.10. The molecule has 0 saturated carbocycles. The zero-order chi connectivity index (χ0) is 12.0. The van der Waals surface area contributed by atoms with Gasteiger partial charge < -0.3 is 15.3 Å². The molecule has 0 spiro atoms. The number of aliphatic hydroxyl groups excluding tert-OH is 1. The van der Waals surface area contributed by atoms with Gasteiger partial charge in [-0.1, -0.05) is 6.92 Å². The molecule has 1 aromatic rings. The Kier molecular flexibility index (Phi) is 5.05. The standard InChI is InChI=1S/C12H21N3O/c1-4-6-13-12-8-11(5-7-14-12)15(3)10(2)9-16/h5,7-8,10,16H,4,6,9H2,1-3H3,(H,13,14). The molecule has 4 nitrogen and oxygen atoms in total. The van der Waals surface area contributed by atoms with Gasteiger partial charge in [0.1, 0.15) is 5.82 Å². The van der Waals surface area contributed by atoms with E-state index in [0.29, 0.717) is 0 Å². The highest BCUT2D eigenvalue weighted by Crippen LogP contribution is 2.17. The summed E-state index contributed by atoms with van der Waals surface area (Å²) in [4.78, 5) is 6.28. The van der Waals surface area contributed by atoms with Crippen molar-refractivity contribution in [3.63, 3.8) is 0 Å². The van der Waals surface area contributed by atoms with Crippen LogP contribution in [-0.2, 0) is 0 Å². The average Bonchev–Trinajstić information content (AvgIpc) is 2.34. The zero-order valence-electron chi connectivity index (χ0n) is 10.3. The van der Waals surface area contributed by atoms with E-state index in [2.05, 4.69) is 17.2 Å².